The van der Waals surface area contributed by atoms with E-state index in [-0.39, 0.29) is 12.5 Å². The van der Waals surface area contributed by atoms with Gasteiger partial charge in [0.05, 0.1) is 11.4 Å². The minimum absolute atomic E-state index is 0.141. The van der Waals surface area contributed by atoms with Crippen molar-refractivity contribution in [3.63, 3.8) is 0 Å². The molecule has 0 saturated carbocycles. The Labute approximate surface area is 126 Å². The highest BCUT2D eigenvalue weighted by Crippen LogP contribution is 2.15. The summed E-state index contributed by atoms with van der Waals surface area (Å²) in [4.78, 5) is 13.8. The van der Waals surface area contributed by atoms with E-state index in [9.17, 15) is 4.79 Å². The molecule has 1 aromatic heterocycles. The molecule has 0 aliphatic carbocycles. The van der Waals surface area contributed by atoms with Crippen molar-refractivity contribution >= 4 is 28.8 Å². The van der Waals surface area contributed by atoms with Gasteiger partial charge in [0.25, 0.3) is 5.91 Å². The number of amides is 1. The molecule has 1 aromatic carbocycles. The highest BCUT2D eigenvalue weighted by molar-refractivity contribution is 7.12. The van der Waals surface area contributed by atoms with Crippen LogP contribution in [-0.2, 0) is 6.54 Å². The van der Waals surface area contributed by atoms with Gasteiger partial charge in [0, 0.05) is 15.5 Å². The van der Waals surface area contributed by atoms with Crippen molar-refractivity contribution in [1.29, 1.82) is 0 Å². The van der Waals surface area contributed by atoms with Crippen LogP contribution in [0.3, 0.4) is 0 Å². The molecule has 0 atom stereocenters. The first-order valence-electron chi connectivity index (χ1n) is 5.91. The van der Waals surface area contributed by atoms with Gasteiger partial charge in [-0.15, -0.1) is 11.3 Å². The Morgan fingerprint density at radius 2 is 2.00 bits per heavy atom. The Balaban J connectivity index is 1.93. The van der Waals surface area contributed by atoms with E-state index in [4.69, 9.17) is 16.7 Å². The monoisotopic (exact) mass is 305 g/mol. The number of benzene rings is 1. The van der Waals surface area contributed by atoms with Crippen LogP contribution in [0.1, 0.15) is 20.1 Å². The molecule has 0 unspecified atom stereocenters. The molecule has 0 spiro atoms. The van der Waals surface area contributed by atoms with Gasteiger partial charge in [-0.1, -0.05) is 23.4 Å². The van der Waals surface area contributed by atoms with Crippen molar-refractivity contribution in [2.24, 2.45) is 0 Å². The highest BCUT2D eigenvalue weighted by Gasteiger charge is 2.05. The van der Waals surface area contributed by atoms with Crippen LogP contribution in [-0.4, -0.2) is 17.6 Å². The molecule has 0 aliphatic heterocycles. The van der Waals surface area contributed by atoms with E-state index in [0.29, 0.717) is 17.1 Å². The van der Waals surface area contributed by atoms with Gasteiger partial charge in [-0.2, -0.15) is 0 Å². The zero-order valence-electron chi connectivity index (χ0n) is 10.5. The molecule has 0 bridgehead atoms. The van der Waals surface area contributed by atoms with Crippen LogP contribution < -0.4 is 5.32 Å². The van der Waals surface area contributed by atoms with Crippen LogP contribution in [0.15, 0.2) is 36.4 Å². The Morgan fingerprint density at radius 1 is 1.25 bits per heavy atom. The molecule has 3 nitrogen and oxygen atoms in total. The standard InChI is InChI=1S/C15H12ClNO2S/c16-12-5-3-11(4-6-12)15(19)17-10-14-8-7-13(20-14)2-1-9-18/h3-8,18H,9-10H2,(H,17,19). The van der Waals surface area contributed by atoms with Crippen molar-refractivity contribution in [1.82, 2.24) is 5.32 Å². The zero-order chi connectivity index (χ0) is 14.4. The number of rotatable bonds is 3. The van der Waals surface area contributed by atoms with Gasteiger partial charge in [0.15, 0.2) is 0 Å². The van der Waals surface area contributed by atoms with Gasteiger partial charge >= 0.3 is 0 Å². The molecule has 102 valence electrons. The smallest absolute Gasteiger partial charge is 0.251 e. The second-order valence-electron chi connectivity index (χ2n) is 3.92. The summed E-state index contributed by atoms with van der Waals surface area (Å²) in [6.07, 6.45) is 0. The molecule has 20 heavy (non-hydrogen) atoms. The number of hydrogen-bond acceptors (Lipinski definition) is 3. The molecule has 1 amide bonds. The number of carbonyl (C=O) groups excluding carboxylic acids is 1. The second-order valence-corrected chi connectivity index (χ2v) is 5.52. The quantitative estimate of drug-likeness (QED) is 0.857. The van der Waals surface area contributed by atoms with Gasteiger partial charge < -0.3 is 10.4 Å². The number of aliphatic hydroxyl groups is 1. The summed E-state index contributed by atoms with van der Waals surface area (Å²) >= 11 is 7.26. The zero-order valence-corrected chi connectivity index (χ0v) is 12.1. The third-order valence-corrected chi connectivity index (χ3v) is 3.73. The Morgan fingerprint density at radius 3 is 2.70 bits per heavy atom. The van der Waals surface area contributed by atoms with Gasteiger partial charge in [-0.05, 0) is 36.4 Å². The van der Waals surface area contributed by atoms with Crippen LogP contribution >= 0.6 is 22.9 Å². The molecule has 0 aliphatic rings. The fourth-order valence-corrected chi connectivity index (χ4v) is 2.49. The Kier molecular flexibility index (Phi) is 5.19. The molecular formula is C15H12ClNO2S. The van der Waals surface area contributed by atoms with Gasteiger partial charge in [-0.3, -0.25) is 4.79 Å². The molecule has 5 heteroatoms. The van der Waals surface area contributed by atoms with E-state index in [1.54, 1.807) is 24.3 Å². The summed E-state index contributed by atoms with van der Waals surface area (Å²) in [5, 5.41) is 12.1. The van der Waals surface area contributed by atoms with E-state index in [1.807, 2.05) is 12.1 Å². The lowest BCUT2D eigenvalue weighted by molar-refractivity contribution is 0.0951. The van der Waals surface area contributed by atoms with Gasteiger partial charge in [0.2, 0.25) is 0 Å². The Bertz CT molecular complexity index is 653. The minimum Gasteiger partial charge on any atom is -0.384 e. The lowest BCUT2D eigenvalue weighted by atomic mass is 10.2. The fraction of sp³-hybridized carbons (Fsp3) is 0.133. The average molecular weight is 306 g/mol. The SMILES string of the molecule is O=C(NCc1ccc(C#CCO)s1)c1ccc(Cl)cc1. The fourth-order valence-electron chi connectivity index (χ4n) is 1.54. The molecule has 2 rings (SSSR count). The van der Waals surface area contributed by atoms with Crippen molar-refractivity contribution in [2.45, 2.75) is 6.54 Å². The van der Waals surface area contributed by atoms with Crippen LogP contribution in [0.2, 0.25) is 5.02 Å². The highest BCUT2D eigenvalue weighted by atomic mass is 35.5. The maximum absolute atomic E-state index is 11.9. The van der Waals surface area contributed by atoms with Crippen LogP contribution in [0, 0.1) is 11.8 Å². The van der Waals surface area contributed by atoms with Crippen LogP contribution in [0.5, 0.6) is 0 Å². The third kappa shape index (κ3) is 4.10. The Hall–Kier alpha value is -1.80. The molecule has 0 saturated heterocycles. The van der Waals surface area contributed by atoms with Crippen LogP contribution in [0.4, 0.5) is 0 Å². The first kappa shape index (κ1) is 14.6. The molecular weight excluding hydrogens is 294 g/mol. The number of halogens is 1. The predicted molar refractivity (Wildman–Crippen MR) is 80.9 cm³/mol. The first-order valence-corrected chi connectivity index (χ1v) is 7.10. The number of nitrogens with one attached hydrogen (secondary N) is 1. The maximum atomic E-state index is 11.9. The average Bonchev–Trinajstić information content (AvgIpc) is 2.91. The topological polar surface area (TPSA) is 49.3 Å². The van der Waals surface area contributed by atoms with E-state index >= 15 is 0 Å². The maximum Gasteiger partial charge on any atom is 0.251 e. The summed E-state index contributed by atoms with van der Waals surface area (Å²) in [5.74, 6) is 5.28. The van der Waals surface area contributed by atoms with Gasteiger partial charge in [-0.25, -0.2) is 0 Å². The van der Waals surface area contributed by atoms with E-state index in [0.717, 1.165) is 9.75 Å². The molecule has 0 radical (unpaired) electrons. The van der Waals surface area contributed by atoms with E-state index in [2.05, 4.69) is 17.2 Å². The summed E-state index contributed by atoms with van der Waals surface area (Å²) in [7, 11) is 0. The van der Waals surface area contributed by atoms with Gasteiger partial charge in [0.1, 0.15) is 6.61 Å². The molecule has 2 aromatic rings. The van der Waals surface area contributed by atoms with Crippen molar-refractivity contribution < 1.29 is 9.90 Å². The lowest BCUT2D eigenvalue weighted by Crippen LogP contribution is -2.22. The summed E-state index contributed by atoms with van der Waals surface area (Å²) < 4.78 is 0. The number of aliphatic hydroxyl groups excluding tert-OH is 1. The summed E-state index contributed by atoms with van der Waals surface area (Å²) in [6, 6.07) is 10.5. The lowest BCUT2D eigenvalue weighted by Gasteiger charge is -2.03. The normalized spacial score (nSPS) is 9.70. The molecule has 2 N–H and O–H groups in total. The van der Waals surface area contributed by atoms with Crippen molar-refractivity contribution in [2.75, 3.05) is 6.61 Å². The van der Waals surface area contributed by atoms with E-state index in [1.165, 1.54) is 11.3 Å². The number of carbonyl (C=O) groups is 1. The number of hydrogen-bond donors (Lipinski definition) is 2. The van der Waals surface area contributed by atoms with Crippen molar-refractivity contribution in [3.8, 4) is 11.8 Å². The van der Waals surface area contributed by atoms with E-state index < -0.39 is 0 Å². The molecule has 0 fully saturated rings. The second kappa shape index (κ2) is 7.11. The third-order valence-electron chi connectivity index (χ3n) is 2.48. The largest absolute Gasteiger partial charge is 0.384 e. The summed E-state index contributed by atoms with van der Waals surface area (Å²) in [6.45, 7) is 0.299. The summed E-state index contributed by atoms with van der Waals surface area (Å²) in [5.41, 5.74) is 0.575. The predicted octanol–water partition coefficient (Wildman–Crippen LogP) is 2.68. The number of thiophene rings is 1. The van der Waals surface area contributed by atoms with Crippen molar-refractivity contribution in [3.05, 3.63) is 56.7 Å². The minimum atomic E-state index is -0.152. The molecule has 1 heterocycles. The van der Waals surface area contributed by atoms with Crippen LogP contribution in [0.25, 0.3) is 0 Å². The first-order chi connectivity index (χ1) is 9.69.